The van der Waals surface area contributed by atoms with Gasteiger partial charge < -0.3 is 4.74 Å². The number of halogens is 1. The summed E-state index contributed by atoms with van der Waals surface area (Å²) < 4.78 is 7.47. The molecule has 0 amide bonds. The second kappa shape index (κ2) is 5.48. The summed E-state index contributed by atoms with van der Waals surface area (Å²) in [7, 11) is 0. The Bertz CT molecular complexity index is 347. The Morgan fingerprint density at radius 3 is 2.73 bits per heavy atom. The lowest BCUT2D eigenvalue weighted by atomic mass is 10.1. The Morgan fingerprint density at radius 2 is 2.33 bits per heavy atom. The first-order valence-electron chi connectivity index (χ1n) is 4.91. The molecule has 0 bridgehead atoms. The molecule has 0 saturated carbocycles. The number of rotatable bonds is 4. The molecule has 4 nitrogen and oxygen atoms in total. The van der Waals surface area contributed by atoms with Crippen LogP contribution >= 0.6 is 22.6 Å². The van der Waals surface area contributed by atoms with Gasteiger partial charge in [0.1, 0.15) is 0 Å². The van der Waals surface area contributed by atoms with Gasteiger partial charge in [-0.15, -0.1) is 0 Å². The molecule has 0 fully saturated rings. The SMILES string of the molecule is CCOC(=O)c1cc(C(C)C)n(CI)n1. The Balaban J connectivity index is 2.97. The van der Waals surface area contributed by atoms with Crippen LogP contribution in [0.2, 0.25) is 0 Å². The standard InChI is InChI=1S/C10H15IN2O2/c1-4-15-10(14)8-5-9(7(2)3)13(6-11)12-8/h5,7H,4,6H2,1-3H3. The Kier molecular flexibility index (Phi) is 4.56. The van der Waals surface area contributed by atoms with Crippen molar-refractivity contribution in [2.45, 2.75) is 31.2 Å². The van der Waals surface area contributed by atoms with E-state index in [1.165, 1.54) is 0 Å². The molecule has 1 aromatic rings. The summed E-state index contributed by atoms with van der Waals surface area (Å²) in [5.74, 6) is 0.0124. The summed E-state index contributed by atoms with van der Waals surface area (Å²) in [6, 6.07) is 1.81. The van der Waals surface area contributed by atoms with Gasteiger partial charge in [0.2, 0.25) is 0 Å². The van der Waals surface area contributed by atoms with E-state index in [0.717, 1.165) is 10.2 Å². The highest BCUT2D eigenvalue weighted by Gasteiger charge is 2.16. The Labute approximate surface area is 103 Å². The Morgan fingerprint density at radius 1 is 1.67 bits per heavy atom. The minimum Gasteiger partial charge on any atom is -0.461 e. The molecule has 1 aromatic heterocycles. The third-order valence-corrected chi connectivity index (χ3v) is 2.65. The van der Waals surface area contributed by atoms with Crippen LogP contribution in [-0.2, 0) is 9.29 Å². The third-order valence-electron chi connectivity index (χ3n) is 2.00. The normalized spacial score (nSPS) is 10.7. The van der Waals surface area contributed by atoms with E-state index in [2.05, 4.69) is 41.5 Å². The van der Waals surface area contributed by atoms with Crippen LogP contribution in [0.25, 0.3) is 0 Å². The summed E-state index contributed by atoms with van der Waals surface area (Å²) in [6.45, 7) is 6.33. The van der Waals surface area contributed by atoms with Crippen molar-refractivity contribution < 1.29 is 9.53 Å². The number of hydrogen-bond donors (Lipinski definition) is 0. The van der Waals surface area contributed by atoms with Gasteiger partial charge in [-0.1, -0.05) is 36.4 Å². The second-order valence-corrected chi connectivity index (χ2v) is 4.13. The van der Waals surface area contributed by atoms with Gasteiger partial charge in [-0.3, -0.25) is 4.68 Å². The van der Waals surface area contributed by atoms with E-state index < -0.39 is 0 Å². The third kappa shape index (κ3) is 2.93. The topological polar surface area (TPSA) is 44.1 Å². The van der Waals surface area contributed by atoms with Crippen LogP contribution < -0.4 is 0 Å². The van der Waals surface area contributed by atoms with Crippen LogP contribution in [0, 0.1) is 0 Å². The largest absolute Gasteiger partial charge is 0.461 e. The first kappa shape index (κ1) is 12.5. The predicted octanol–water partition coefficient (Wildman–Crippen LogP) is 2.58. The van der Waals surface area contributed by atoms with Gasteiger partial charge in [0.25, 0.3) is 0 Å². The van der Waals surface area contributed by atoms with Gasteiger partial charge in [-0.25, -0.2) is 4.79 Å². The number of esters is 1. The van der Waals surface area contributed by atoms with E-state index in [-0.39, 0.29) is 5.97 Å². The maximum Gasteiger partial charge on any atom is 0.358 e. The minimum atomic E-state index is -0.344. The van der Waals surface area contributed by atoms with E-state index in [4.69, 9.17) is 4.74 Å². The molecule has 84 valence electrons. The van der Waals surface area contributed by atoms with Crippen molar-refractivity contribution in [3.05, 3.63) is 17.5 Å². The van der Waals surface area contributed by atoms with Gasteiger partial charge >= 0.3 is 5.97 Å². The zero-order chi connectivity index (χ0) is 11.4. The van der Waals surface area contributed by atoms with E-state index in [1.807, 2.05) is 4.68 Å². The number of carbonyl (C=O) groups is 1. The van der Waals surface area contributed by atoms with Crippen molar-refractivity contribution in [2.75, 3.05) is 6.61 Å². The molecule has 0 aliphatic carbocycles. The fourth-order valence-corrected chi connectivity index (χ4v) is 1.84. The monoisotopic (exact) mass is 322 g/mol. The zero-order valence-electron chi connectivity index (χ0n) is 9.16. The summed E-state index contributed by atoms with van der Waals surface area (Å²) in [5.41, 5.74) is 1.46. The number of alkyl halides is 1. The van der Waals surface area contributed by atoms with Crippen molar-refractivity contribution in [3.8, 4) is 0 Å². The number of carbonyl (C=O) groups excluding carboxylic acids is 1. The lowest BCUT2D eigenvalue weighted by molar-refractivity contribution is 0.0518. The molecule has 0 aliphatic heterocycles. The molecule has 0 N–H and O–H groups in total. The van der Waals surface area contributed by atoms with Crippen LogP contribution in [-0.4, -0.2) is 22.4 Å². The predicted molar refractivity (Wildman–Crippen MR) is 66.3 cm³/mol. The smallest absolute Gasteiger partial charge is 0.358 e. The number of hydrogen-bond acceptors (Lipinski definition) is 3. The van der Waals surface area contributed by atoms with E-state index in [0.29, 0.717) is 18.2 Å². The molecule has 0 aliphatic rings. The Hall–Kier alpha value is -0.590. The highest BCUT2D eigenvalue weighted by atomic mass is 127. The lowest BCUT2D eigenvalue weighted by Crippen LogP contribution is -2.06. The highest BCUT2D eigenvalue weighted by Crippen LogP contribution is 2.17. The van der Waals surface area contributed by atoms with Crippen molar-refractivity contribution in [1.82, 2.24) is 9.78 Å². The van der Waals surface area contributed by atoms with Gasteiger partial charge in [-0.2, -0.15) is 5.10 Å². The molecule has 0 saturated heterocycles. The van der Waals surface area contributed by atoms with E-state index in [9.17, 15) is 4.79 Å². The van der Waals surface area contributed by atoms with Crippen molar-refractivity contribution in [1.29, 1.82) is 0 Å². The average Bonchev–Trinajstić information content (AvgIpc) is 2.61. The van der Waals surface area contributed by atoms with Crippen molar-refractivity contribution in [3.63, 3.8) is 0 Å². The molecule has 15 heavy (non-hydrogen) atoms. The quantitative estimate of drug-likeness (QED) is 0.486. The van der Waals surface area contributed by atoms with Crippen molar-refractivity contribution >= 4 is 28.6 Å². The van der Waals surface area contributed by atoms with Gasteiger partial charge in [0, 0.05) is 5.69 Å². The molecule has 5 heteroatoms. The molecule has 0 atom stereocenters. The molecule has 0 aromatic carbocycles. The van der Waals surface area contributed by atoms with E-state index >= 15 is 0 Å². The maximum absolute atomic E-state index is 11.4. The van der Waals surface area contributed by atoms with Gasteiger partial charge in [0.15, 0.2) is 5.69 Å². The van der Waals surface area contributed by atoms with Crippen LogP contribution in [0.4, 0.5) is 0 Å². The molecule has 0 radical (unpaired) electrons. The fraction of sp³-hybridized carbons (Fsp3) is 0.600. The second-order valence-electron chi connectivity index (χ2n) is 3.45. The zero-order valence-corrected chi connectivity index (χ0v) is 11.3. The molecule has 0 unspecified atom stereocenters. The molecule has 1 heterocycles. The average molecular weight is 322 g/mol. The van der Waals surface area contributed by atoms with Crippen LogP contribution in [0.5, 0.6) is 0 Å². The first-order valence-corrected chi connectivity index (χ1v) is 6.43. The van der Waals surface area contributed by atoms with Crippen LogP contribution in [0.3, 0.4) is 0 Å². The van der Waals surface area contributed by atoms with E-state index in [1.54, 1.807) is 13.0 Å². The molecular weight excluding hydrogens is 307 g/mol. The molecular formula is C10H15IN2O2. The fourth-order valence-electron chi connectivity index (χ4n) is 1.30. The van der Waals surface area contributed by atoms with Crippen LogP contribution in [0.1, 0.15) is 42.9 Å². The maximum atomic E-state index is 11.4. The highest BCUT2D eigenvalue weighted by molar-refractivity contribution is 14.1. The molecule has 0 spiro atoms. The number of aromatic nitrogens is 2. The first-order chi connectivity index (χ1) is 7.10. The summed E-state index contributed by atoms with van der Waals surface area (Å²) in [6.07, 6.45) is 0. The molecule has 1 rings (SSSR count). The lowest BCUT2D eigenvalue weighted by Gasteiger charge is -2.05. The minimum absolute atomic E-state index is 0.344. The van der Waals surface area contributed by atoms with Crippen LogP contribution in [0.15, 0.2) is 6.07 Å². The summed E-state index contributed by atoms with van der Waals surface area (Å²) in [5, 5.41) is 4.20. The summed E-state index contributed by atoms with van der Waals surface area (Å²) in [4.78, 5) is 11.4. The summed E-state index contributed by atoms with van der Waals surface area (Å²) >= 11 is 2.22. The number of nitrogens with zero attached hydrogens (tertiary/aromatic N) is 2. The van der Waals surface area contributed by atoms with Crippen molar-refractivity contribution in [2.24, 2.45) is 0 Å². The van der Waals surface area contributed by atoms with Gasteiger partial charge in [-0.05, 0) is 18.9 Å². The van der Waals surface area contributed by atoms with Gasteiger partial charge in [0.05, 0.1) is 11.2 Å². The number of ether oxygens (including phenoxy) is 1.